The third kappa shape index (κ3) is 5.16. The predicted molar refractivity (Wildman–Crippen MR) is 105 cm³/mol. The van der Waals surface area contributed by atoms with Crippen molar-refractivity contribution in [3.63, 3.8) is 0 Å². The first-order chi connectivity index (χ1) is 13.5. The highest BCUT2D eigenvalue weighted by Gasteiger charge is 2.41. The lowest BCUT2D eigenvalue weighted by molar-refractivity contribution is -0.140. The van der Waals surface area contributed by atoms with Crippen molar-refractivity contribution in [3.05, 3.63) is 22.7 Å². The second-order valence-corrected chi connectivity index (χ2v) is 9.05. The molecule has 2 aromatic heterocycles. The number of hydrogen-bond donors (Lipinski definition) is 2. The summed E-state index contributed by atoms with van der Waals surface area (Å²) in [7, 11) is 0. The molecule has 0 amide bonds. The molecule has 0 radical (unpaired) electrons. The SMILES string of the molecule is CSN1CCC(Nc2ncc(F)c(-c3sc(C(C)(C)O)nc3C(F)(F)F)n2)CC1. The summed E-state index contributed by atoms with van der Waals surface area (Å²) in [4.78, 5) is 10.9. The maximum atomic E-state index is 14.4. The molecule has 0 bridgehead atoms. The average molecular weight is 452 g/mol. The van der Waals surface area contributed by atoms with Crippen LogP contribution in [0.25, 0.3) is 10.6 Å². The van der Waals surface area contributed by atoms with Gasteiger partial charge < -0.3 is 10.4 Å². The van der Waals surface area contributed by atoms with Crippen LogP contribution in [-0.2, 0) is 11.8 Å². The molecule has 0 spiro atoms. The van der Waals surface area contributed by atoms with Gasteiger partial charge in [-0.3, -0.25) is 4.31 Å². The van der Waals surface area contributed by atoms with Crippen LogP contribution in [0.5, 0.6) is 0 Å². The number of aromatic nitrogens is 3. The number of nitrogens with one attached hydrogen (secondary N) is 1. The molecule has 160 valence electrons. The second kappa shape index (κ2) is 8.32. The first-order valence-corrected chi connectivity index (χ1v) is 10.9. The van der Waals surface area contributed by atoms with Crippen LogP contribution in [0, 0.1) is 5.82 Å². The van der Waals surface area contributed by atoms with Gasteiger partial charge in [0.2, 0.25) is 5.95 Å². The predicted octanol–water partition coefficient (Wildman–Crippen LogP) is 4.14. The van der Waals surface area contributed by atoms with E-state index in [4.69, 9.17) is 0 Å². The lowest BCUT2D eigenvalue weighted by Crippen LogP contribution is -2.35. The number of halogens is 4. The summed E-state index contributed by atoms with van der Waals surface area (Å²) in [6, 6.07) is 0.0483. The molecule has 0 aliphatic carbocycles. The van der Waals surface area contributed by atoms with E-state index in [2.05, 4.69) is 24.6 Å². The quantitative estimate of drug-likeness (QED) is 0.523. The maximum absolute atomic E-state index is 14.4. The minimum atomic E-state index is -4.81. The number of hydrogen-bond acceptors (Lipinski definition) is 8. The van der Waals surface area contributed by atoms with Crippen LogP contribution < -0.4 is 5.32 Å². The summed E-state index contributed by atoms with van der Waals surface area (Å²) in [5.74, 6) is -0.917. The maximum Gasteiger partial charge on any atom is 0.434 e. The molecule has 12 heteroatoms. The molecule has 2 N–H and O–H groups in total. The average Bonchev–Trinajstić information content (AvgIpc) is 3.10. The Hall–Kier alpha value is -1.50. The fraction of sp³-hybridized carbons (Fsp3) is 0.588. The monoisotopic (exact) mass is 451 g/mol. The molecule has 3 heterocycles. The van der Waals surface area contributed by atoms with Crippen molar-refractivity contribution in [1.29, 1.82) is 0 Å². The lowest BCUT2D eigenvalue weighted by atomic mass is 10.1. The standard InChI is InChI=1S/C17H21F4N5OS2/c1-16(2,27)14-25-13(17(19,20)21)12(29-14)11-10(18)8-22-15(24-11)23-9-4-6-26(28-3)7-5-9/h8-9,27H,4-7H2,1-3H3,(H,22,23,24). The van der Waals surface area contributed by atoms with E-state index in [-0.39, 0.29) is 17.0 Å². The summed E-state index contributed by atoms with van der Waals surface area (Å²) < 4.78 is 57.1. The molecule has 0 atom stereocenters. The number of anilines is 1. The van der Waals surface area contributed by atoms with Gasteiger partial charge in [0.1, 0.15) is 16.3 Å². The van der Waals surface area contributed by atoms with Gasteiger partial charge in [-0.05, 0) is 32.9 Å². The van der Waals surface area contributed by atoms with Crippen LogP contribution in [0.1, 0.15) is 37.4 Å². The van der Waals surface area contributed by atoms with Crippen LogP contribution in [0.3, 0.4) is 0 Å². The van der Waals surface area contributed by atoms with Crippen LogP contribution in [0.2, 0.25) is 0 Å². The summed E-state index contributed by atoms with van der Waals surface area (Å²) in [5.41, 5.74) is -3.35. The Labute approximate surface area is 173 Å². The van der Waals surface area contributed by atoms with E-state index in [1.807, 2.05) is 6.26 Å². The van der Waals surface area contributed by atoms with Gasteiger partial charge in [0.05, 0.1) is 11.1 Å². The van der Waals surface area contributed by atoms with Crippen LogP contribution in [0.4, 0.5) is 23.5 Å². The largest absolute Gasteiger partial charge is 0.434 e. The summed E-state index contributed by atoms with van der Waals surface area (Å²) in [6.07, 6.45) is -0.336. The Kier molecular flexibility index (Phi) is 6.37. The molecule has 3 rings (SSSR count). The van der Waals surface area contributed by atoms with E-state index in [9.17, 15) is 22.7 Å². The zero-order valence-corrected chi connectivity index (χ0v) is 17.7. The number of aliphatic hydroxyl groups is 1. The summed E-state index contributed by atoms with van der Waals surface area (Å²) >= 11 is 2.23. The lowest BCUT2D eigenvalue weighted by Gasteiger charge is -2.30. The first-order valence-electron chi connectivity index (χ1n) is 8.88. The van der Waals surface area contributed by atoms with Gasteiger partial charge in [0.15, 0.2) is 11.5 Å². The van der Waals surface area contributed by atoms with E-state index in [0.717, 1.165) is 32.1 Å². The summed E-state index contributed by atoms with van der Waals surface area (Å²) in [6.45, 7) is 4.35. The van der Waals surface area contributed by atoms with Crippen molar-refractivity contribution < 1.29 is 22.7 Å². The Morgan fingerprint density at radius 2 is 1.90 bits per heavy atom. The van der Waals surface area contributed by atoms with Crippen LogP contribution in [-0.4, -0.2) is 49.8 Å². The van der Waals surface area contributed by atoms with Gasteiger partial charge >= 0.3 is 6.18 Å². The van der Waals surface area contributed by atoms with Gasteiger partial charge in [-0.25, -0.2) is 19.3 Å². The highest BCUT2D eigenvalue weighted by Crippen LogP contribution is 2.42. The van der Waals surface area contributed by atoms with Gasteiger partial charge in [-0.1, -0.05) is 11.9 Å². The highest BCUT2D eigenvalue weighted by molar-refractivity contribution is 7.96. The highest BCUT2D eigenvalue weighted by atomic mass is 32.2. The fourth-order valence-electron chi connectivity index (χ4n) is 2.90. The van der Waals surface area contributed by atoms with E-state index in [1.165, 1.54) is 13.8 Å². The van der Waals surface area contributed by atoms with Crippen LogP contribution >= 0.6 is 23.3 Å². The Morgan fingerprint density at radius 1 is 1.24 bits per heavy atom. The Morgan fingerprint density at radius 3 is 2.45 bits per heavy atom. The number of alkyl halides is 3. The van der Waals surface area contributed by atoms with E-state index in [0.29, 0.717) is 11.3 Å². The minimum absolute atomic E-state index is 0.0483. The molecule has 0 unspecified atom stereocenters. The Balaban J connectivity index is 1.93. The molecular weight excluding hydrogens is 430 g/mol. The van der Waals surface area contributed by atoms with Gasteiger partial charge in [-0.2, -0.15) is 13.2 Å². The minimum Gasteiger partial charge on any atom is -0.383 e. The normalized spacial score (nSPS) is 17.0. The molecule has 1 aliphatic rings. The zero-order chi connectivity index (χ0) is 21.4. The Bertz CT molecular complexity index is 860. The topological polar surface area (TPSA) is 74.2 Å². The van der Waals surface area contributed by atoms with Gasteiger partial charge in [0, 0.05) is 19.1 Å². The fourth-order valence-corrected chi connectivity index (χ4v) is 4.55. The third-order valence-corrected chi connectivity index (χ3v) is 6.68. The van der Waals surface area contributed by atoms with Crippen molar-refractivity contribution in [3.8, 4) is 10.6 Å². The van der Waals surface area contributed by atoms with Crippen molar-refractivity contribution in [2.45, 2.75) is 44.5 Å². The molecule has 1 saturated heterocycles. The smallest absolute Gasteiger partial charge is 0.383 e. The van der Waals surface area contributed by atoms with E-state index in [1.54, 1.807) is 11.9 Å². The molecule has 0 saturated carbocycles. The number of rotatable bonds is 5. The molecule has 6 nitrogen and oxygen atoms in total. The second-order valence-electron chi connectivity index (χ2n) is 7.17. The summed E-state index contributed by atoms with van der Waals surface area (Å²) in [5, 5.41) is 13.0. The van der Waals surface area contributed by atoms with Gasteiger partial charge in [-0.15, -0.1) is 11.3 Å². The van der Waals surface area contributed by atoms with Crippen molar-refractivity contribution in [2.75, 3.05) is 24.7 Å². The molecule has 0 aromatic carbocycles. The first kappa shape index (κ1) is 22.2. The van der Waals surface area contributed by atoms with Crippen molar-refractivity contribution in [2.24, 2.45) is 0 Å². The third-order valence-electron chi connectivity index (χ3n) is 4.42. The molecule has 1 aliphatic heterocycles. The van der Waals surface area contributed by atoms with E-state index >= 15 is 0 Å². The van der Waals surface area contributed by atoms with Crippen molar-refractivity contribution in [1.82, 2.24) is 19.3 Å². The number of thiazole rings is 1. The van der Waals surface area contributed by atoms with Gasteiger partial charge in [0.25, 0.3) is 0 Å². The van der Waals surface area contributed by atoms with Crippen LogP contribution in [0.15, 0.2) is 6.20 Å². The molecule has 29 heavy (non-hydrogen) atoms. The van der Waals surface area contributed by atoms with E-state index < -0.39 is 33.9 Å². The molecular formula is C17H21F4N5OS2. The molecule has 2 aromatic rings. The molecule has 1 fully saturated rings. The number of nitrogens with zero attached hydrogens (tertiary/aromatic N) is 4. The zero-order valence-electron chi connectivity index (χ0n) is 16.0. The van der Waals surface area contributed by atoms with Crippen molar-refractivity contribution >= 4 is 29.2 Å². The number of piperidine rings is 1.